The topological polar surface area (TPSA) is 80.9 Å². The molecule has 0 amide bonds. The van der Waals surface area contributed by atoms with Crippen LogP contribution in [0.2, 0.25) is 0 Å². The molecule has 0 aliphatic carbocycles. The molecule has 20 heavy (non-hydrogen) atoms. The maximum Gasteiger partial charge on any atom is 0.340 e. The Morgan fingerprint density at radius 2 is 2.15 bits per heavy atom. The van der Waals surface area contributed by atoms with Gasteiger partial charge >= 0.3 is 5.97 Å². The molecule has 0 aliphatic heterocycles. The predicted octanol–water partition coefficient (Wildman–Crippen LogP) is 1.86. The number of aromatic carboxylic acids is 1. The van der Waals surface area contributed by atoms with E-state index in [-0.39, 0.29) is 5.56 Å². The monoisotopic (exact) mass is 292 g/mol. The van der Waals surface area contributed by atoms with Crippen molar-refractivity contribution in [1.82, 2.24) is 19.7 Å². The van der Waals surface area contributed by atoms with E-state index in [9.17, 15) is 9.90 Å². The van der Waals surface area contributed by atoms with Gasteiger partial charge in [0, 0.05) is 24.7 Å². The van der Waals surface area contributed by atoms with Crippen molar-refractivity contribution in [3.05, 3.63) is 35.0 Å². The number of aromatic nitrogens is 4. The lowest BCUT2D eigenvalue weighted by atomic mass is 10.2. The van der Waals surface area contributed by atoms with E-state index in [1.54, 1.807) is 20.0 Å². The molecule has 0 unspecified atom stereocenters. The predicted molar refractivity (Wildman–Crippen MR) is 76.1 cm³/mol. The van der Waals surface area contributed by atoms with Crippen molar-refractivity contribution in [1.29, 1.82) is 0 Å². The van der Waals surface area contributed by atoms with E-state index in [0.717, 1.165) is 17.9 Å². The van der Waals surface area contributed by atoms with Crippen molar-refractivity contribution >= 4 is 17.7 Å². The maximum absolute atomic E-state index is 11.3. The molecule has 2 heterocycles. The van der Waals surface area contributed by atoms with Gasteiger partial charge in [0.05, 0.1) is 5.69 Å². The molecule has 0 saturated carbocycles. The highest BCUT2D eigenvalue weighted by Gasteiger charge is 2.17. The van der Waals surface area contributed by atoms with Crippen molar-refractivity contribution in [3.63, 3.8) is 0 Å². The average molecular weight is 292 g/mol. The van der Waals surface area contributed by atoms with E-state index in [2.05, 4.69) is 15.1 Å². The summed E-state index contributed by atoms with van der Waals surface area (Å²) in [5.41, 5.74) is 1.82. The van der Waals surface area contributed by atoms with E-state index < -0.39 is 5.97 Å². The Morgan fingerprint density at radius 1 is 1.40 bits per heavy atom. The smallest absolute Gasteiger partial charge is 0.340 e. The molecule has 0 aliphatic rings. The van der Waals surface area contributed by atoms with Crippen molar-refractivity contribution in [2.45, 2.75) is 25.3 Å². The molecule has 0 bridgehead atoms. The fourth-order valence-corrected chi connectivity index (χ4v) is 3.01. The van der Waals surface area contributed by atoms with Crippen LogP contribution in [0, 0.1) is 13.8 Å². The Hall–Kier alpha value is -1.89. The number of rotatable bonds is 5. The highest BCUT2D eigenvalue weighted by atomic mass is 32.2. The largest absolute Gasteiger partial charge is 0.478 e. The van der Waals surface area contributed by atoms with Crippen molar-refractivity contribution in [2.75, 3.05) is 5.75 Å². The van der Waals surface area contributed by atoms with Crippen LogP contribution in [0.1, 0.15) is 27.6 Å². The van der Waals surface area contributed by atoms with Crippen LogP contribution in [0.4, 0.5) is 0 Å². The second-order valence-electron chi connectivity index (χ2n) is 4.39. The molecule has 106 valence electrons. The van der Waals surface area contributed by atoms with Gasteiger partial charge in [-0.1, -0.05) is 0 Å². The third-order valence-electron chi connectivity index (χ3n) is 2.90. The minimum absolute atomic E-state index is 0.200. The number of thioether (sulfide) groups is 1. The first-order valence-corrected chi connectivity index (χ1v) is 7.16. The van der Waals surface area contributed by atoms with Crippen molar-refractivity contribution in [2.24, 2.45) is 7.05 Å². The summed E-state index contributed by atoms with van der Waals surface area (Å²) in [5.74, 6) is 0.358. The molecule has 6 nitrogen and oxygen atoms in total. The van der Waals surface area contributed by atoms with Crippen LogP contribution in [0.5, 0.6) is 0 Å². The summed E-state index contributed by atoms with van der Waals surface area (Å²) in [5, 5.41) is 13.9. The molecule has 0 radical (unpaired) electrons. The van der Waals surface area contributed by atoms with Crippen molar-refractivity contribution < 1.29 is 9.90 Å². The van der Waals surface area contributed by atoms with Gasteiger partial charge in [0.2, 0.25) is 0 Å². The normalized spacial score (nSPS) is 10.8. The Labute approximate surface area is 121 Å². The van der Waals surface area contributed by atoms with Gasteiger partial charge < -0.3 is 5.11 Å². The molecule has 0 spiro atoms. The zero-order valence-corrected chi connectivity index (χ0v) is 12.4. The molecule has 1 N–H and O–H groups in total. The number of carbonyl (C=O) groups is 1. The molecule has 7 heteroatoms. The van der Waals surface area contributed by atoms with E-state index in [1.807, 2.05) is 17.8 Å². The molecular weight excluding hydrogens is 276 g/mol. The SMILES string of the molecule is Cc1nc(C)c(C(=O)O)c(SCCc2ccnn2C)n1. The number of aryl methyl sites for hydroxylation is 4. The lowest BCUT2D eigenvalue weighted by molar-refractivity contribution is 0.0690. The third-order valence-corrected chi connectivity index (χ3v) is 3.88. The fourth-order valence-electron chi connectivity index (χ4n) is 1.93. The van der Waals surface area contributed by atoms with Gasteiger partial charge in [-0.25, -0.2) is 14.8 Å². The third kappa shape index (κ3) is 3.16. The molecule has 0 atom stereocenters. The molecule has 2 rings (SSSR count). The van der Waals surface area contributed by atoms with Gasteiger partial charge in [-0.3, -0.25) is 4.68 Å². The second kappa shape index (κ2) is 6.04. The number of carboxylic acids is 1. The Kier molecular flexibility index (Phi) is 4.39. The minimum Gasteiger partial charge on any atom is -0.478 e. The van der Waals surface area contributed by atoms with Gasteiger partial charge in [-0.15, -0.1) is 11.8 Å². The second-order valence-corrected chi connectivity index (χ2v) is 5.47. The number of hydrogen-bond acceptors (Lipinski definition) is 5. The summed E-state index contributed by atoms with van der Waals surface area (Å²) in [6.07, 6.45) is 2.56. The van der Waals surface area contributed by atoms with Gasteiger partial charge in [0.1, 0.15) is 16.4 Å². The molecular formula is C13H16N4O2S. The van der Waals surface area contributed by atoms with E-state index in [0.29, 0.717) is 16.5 Å². The van der Waals surface area contributed by atoms with Gasteiger partial charge in [-0.2, -0.15) is 5.10 Å². The highest BCUT2D eigenvalue weighted by molar-refractivity contribution is 7.99. The zero-order valence-electron chi connectivity index (χ0n) is 11.6. The number of nitrogens with zero attached hydrogens (tertiary/aromatic N) is 4. The minimum atomic E-state index is -0.981. The first-order valence-electron chi connectivity index (χ1n) is 6.17. The molecule has 0 fully saturated rings. The standard InChI is InChI=1S/C13H16N4O2S/c1-8-11(13(18)19)12(16-9(2)15-8)20-7-5-10-4-6-14-17(10)3/h4,6H,5,7H2,1-3H3,(H,18,19). The number of carboxylic acid groups (broad SMARTS) is 1. The van der Waals surface area contributed by atoms with Crippen LogP contribution in [0.25, 0.3) is 0 Å². The molecule has 2 aromatic heterocycles. The van der Waals surface area contributed by atoms with Gasteiger partial charge in [0.25, 0.3) is 0 Å². The van der Waals surface area contributed by atoms with Crippen LogP contribution in [-0.2, 0) is 13.5 Å². The Bertz CT molecular complexity index is 639. The lowest BCUT2D eigenvalue weighted by Gasteiger charge is -2.08. The highest BCUT2D eigenvalue weighted by Crippen LogP contribution is 2.23. The first kappa shape index (κ1) is 14.5. The van der Waals surface area contributed by atoms with Crippen LogP contribution < -0.4 is 0 Å². The average Bonchev–Trinajstić information content (AvgIpc) is 2.73. The fraction of sp³-hybridized carbons (Fsp3) is 0.385. The van der Waals surface area contributed by atoms with Gasteiger partial charge in [-0.05, 0) is 26.3 Å². The van der Waals surface area contributed by atoms with Crippen LogP contribution >= 0.6 is 11.8 Å². The van der Waals surface area contributed by atoms with E-state index >= 15 is 0 Å². The summed E-state index contributed by atoms with van der Waals surface area (Å²) >= 11 is 1.44. The van der Waals surface area contributed by atoms with Gasteiger partial charge in [0.15, 0.2) is 0 Å². The van der Waals surface area contributed by atoms with E-state index in [1.165, 1.54) is 11.8 Å². The van der Waals surface area contributed by atoms with Crippen LogP contribution in [0.3, 0.4) is 0 Å². The lowest BCUT2D eigenvalue weighted by Crippen LogP contribution is -2.08. The zero-order chi connectivity index (χ0) is 14.7. The quantitative estimate of drug-likeness (QED) is 0.669. The molecule has 2 aromatic rings. The summed E-state index contributed by atoms with van der Waals surface area (Å²) in [6.45, 7) is 3.47. The molecule has 0 aromatic carbocycles. The summed E-state index contributed by atoms with van der Waals surface area (Å²) in [6, 6.07) is 1.95. The first-order chi connectivity index (χ1) is 9.49. The van der Waals surface area contributed by atoms with Crippen molar-refractivity contribution in [3.8, 4) is 0 Å². The summed E-state index contributed by atoms with van der Waals surface area (Å²) in [7, 11) is 1.89. The van der Waals surface area contributed by atoms with Crippen LogP contribution in [-0.4, -0.2) is 36.6 Å². The summed E-state index contributed by atoms with van der Waals surface area (Å²) < 4.78 is 1.81. The molecule has 0 saturated heterocycles. The van der Waals surface area contributed by atoms with Crippen LogP contribution in [0.15, 0.2) is 17.3 Å². The Morgan fingerprint density at radius 3 is 2.75 bits per heavy atom. The number of hydrogen-bond donors (Lipinski definition) is 1. The van der Waals surface area contributed by atoms with E-state index in [4.69, 9.17) is 0 Å². The Balaban J connectivity index is 2.13. The maximum atomic E-state index is 11.3. The summed E-state index contributed by atoms with van der Waals surface area (Å²) in [4.78, 5) is 19.6.